The molecule has 5 heteroatoms. The summed E-state index contributed by atoms with van der Waals surface area (Å²) in [6.07, 6.45) is 0.349. The molecular formula is C18H21FN2O2. The number of ether oxygens (including phenoxy) is 1. The molecule has 0 fully saturated rings. The number of amides is 1. The Labute approximate surface area is 135 Å². The second kappa shape index (κ2) is 8.78. The van der Waals surface area contributed by atoms with Crippen LogP contribution in [-0.4, -0.2) is 19.1 Å². The molecule has 0 aromatic heterocycles. The van der Waals surface area contributed by atoms with Crippen LogP contribution in [0, 0.1) is 5.82 Å². The van der Waals surface area contributed by atoms with Crippen LogP contribution in [0.5, 0.6) is 5.75 Å². The Hall–Kier alpha value is -2.56. The quantitative estimate of drug-likeness (QED) is 0.785. The van der Waals surface area contributed by atoms with E-state index in [1.807, 2.05) is 31.2 Å². The minimum atomic E-state index is -0.280. The van der Waals surface area contributed by atoms with Crippen LogP contribution >= 0.6 is 0 Å². The molecule has 0 unspecified atom stereocenters. The zero-order valence-corrected chi connectivity index (χ0v) is 13.1. The lowest BCUT2D eigenvalue weighted by Crippen LogP contribution is -2.24. The summed E-state index contributed by atoms with van der Waals surface area (Å²) in [5, 5.41) is 6.01. The lowest BCUT2D eigenvalue weighted by Gasteiger charge is -2.12. The highest BCUT2D eigenvalue weighted by molar-refractivity contribution is 5.76. The number of hydrogen-bond acceptors (Lipinski definition) is 3. The van der Waals surface area contributed by atoms with Crippen molar-refractivity contribution in [3.63, 3.8) is 0 Å². The molecule has 2 N–H and O–H groups in total. The van der Waals surface area contributed by atoms with Gasteiger partial charge in [-0.3, -0.25) is 4.79 Å². The van der Waals surface area contributed by atoms with Crippen molar-refractivity contribution in [2.45, 2.75) is 19.9 Å². The van der Waals surface area contributed by atoms with Crippen molar-refractivity contribution in [2.24, 2.45) is 0 Å². The molecule has 0 bridgehead atoms. The van der Waals surface area contributed by atoms with Crippen LogP contribution in [0.1, 0.15) is 18.9 Å². The standard InChI is InChI=1S/C18H21FN2O2/c1-2-23-17-6-4-3-5-16(17)20-12-11-18(22)21-13-14-7-9-15(19)10-8-14/h3-10,20H,2,11-13H2,1H3,(H,21,22). The second-order valence-corrected chi connectivity index (χ2v) is 5.01. The first-order valence-electron chi connectivity index (χ1n) is 7.66. The predicted molar refractivity (Wildman–Crippen MR) is 89.0 cm³/mol. The van der Waals surface area contributed by atoms with Gasteiger partial charge in [0, 0.05) is 19.5 Å². The van der Waals surface area contributed by atoms with Crippen molar-refractivity contribution in [1.29, 1.82) is 0 Å². The van der Waals surface area contributed by atoms with Gasteiger partial charge in [-0.15, -0.1) is 0 Å². The van der Waals surface area contributed by atoms with Crippen LogP contribution in [-0.2, 0) is 11.3 Å². The van der Waals surface area contributed by atoms with E-state index in [9.17, 15) is 9.18 Å². The van der Waals surface area contributed by atoms with Gasteiger partial charge in [-0.25, -0.2) is 4.39 Å². The summed E-state index contributed by atoms with van der Waals surface area (Å²) in [7, 11) is 0. The van der Waals surface area contributed by atoms with Crippen LogP contribution in [0.3, 0.4) is 0 Å². The van der Waals surface area contributed by atoms with Gasteiger partial charge in [0.25, 0.3) is 0 Å². The SMILES string of the molecule is CCOc1ccccc1NCCC(=O)NCc1ccc(F)cc1. The van der Waals surface area contributed by atoms with Gasteiger partial charge < -0.3 is 15.4 Å². The van der Waals surface area contributed by atoms with Crippen molar-refractivity contribution < 1.29 is 13.9 Å². The van der Waals surface area contributed by atoms with E-state index < -0.39 is 0 Å². The minimum absolute atomic E-state index is 0.0595. The Balaban J connectivity index is 1.73. The zero-order chi connectivity index (χ0) is 16.5. The molecule has 122 valence electrons. The van der Waals surface area contributed by atoms with Crippen molar-refractivity contribution in [1.82, 2.24) is 5.32 Å². The number of rotatable bonds is 8. The van der Waals surface area contributed by atoms with Gasteiger partial charge in [0.1, 0.15) is 11.6 Å². The number of carbonyl (C=O) groups is 1. The summed E-state index contributed by atoms with van der Waals surface area (Å²) >= 11 is 0. The van der Waals surface area contributed by atoms with Gasteiger partial charge in [0.05, 0.1) is 12.3 Å². The zero-order valence-electron chi connectivity index (χ0n) is 13.1. The van der Waals surface area contributed by atoms with Crippen LogP contribution in [0.4, 0.5) is 10.1 Å². The smallest absolute Gasteiger partial charge is 0.222 e. The summed E-state index contributed by atoms with van der Waals surface area (Å²) in [6.45, 7) is 3.44. The molecule has 0 radical (unpaired) electrons. The van der Waals surface area contributed by atoms with E-state index in [1.54, 1.807) is 12.1 Å². The fourth-order valence-corrected chi connectivity index (χ4v) is 2.10. The van der Waals surface area contributed by atoms with Gasteiger partial charge in [-0.1, -0.05) is 24.3 Å². The van der Waals surface area contributed by atoms with E-state index in [4.69, 9.17) is 4.74 Å². The van der Waals surface area contributed by atoms with Crippen molar-refractivity contribution >= 4 is 11.6 Å². The second-order valence-electron chi connectivity index (χ2n) is 5.01. The average molecular weight is 316 g/mol. The van der Waals surface area contributed by atoms with Crippen molar-refractivity contribution in [3.8, 4) is 5.75 Å². The van der Waals surface area contributed by atoms with E-state index >= 15 is 0 Å². The summed E-state index contributed by atoms with van der Waals surface area (Å²) < 4.78 is 18.3. The van der Waals surface area contributed by atoms with E-state index in [-0.39, 0.29) is 11.7 Å². The van der Waals surface area contributed by atoms with Crippen LogP contribution in [0.25, 0.3) is 0 Å². The molecule has 0 saturated carbocycles. The van der Waals surface area contributed by atoms with Crippen LogP contribution in [0.2, 0.25) is 0 Å². The Bertz CT molecular complexity index is 629. The molecule has 23 heavy (non-hydrogen) atoms. The first kappa shape index (κ1) is 16.8. The molecule has 2 aromatic carbocycles. The number of hydrogen-bond donors (Lipinski definition) is 2. The largest absolute Gasteiger partial charge is 0.492 e. The monoisotopic (exact) mass is 316 g/mol. The lowest BCUT2D eigenvalue weighted by atomic mass is 10.2. The molecule has 2 aromatic rings. The highest BCUT2D eigenvalue weighted by Gasteiger charge is 2.04. The van der Waals surface area contributed by atoms with E-state index in [0.29, 0.717) is 26.1 Å². The summed E-state index contributed by atoms with van der Waals surface area (Å²) in [6, 6.07) is 13.7. The third-order valence-corrected chi connectivity index (χ3v) is 3.26. The van der Waals surface area contributed by atoms with Gasteiger partial charge >= 0.3 is 0 Å². The van der Waals surface area contributed by atoms with Gasteiger partial charge in [-0.2, -0.15) is 0 Å². The number of nitrogens with one attached hydrogen (secondary N) is 2. The Morgan fingerprint density at radius 1 is 1.13 bits per heavy atom. The normalized spacial score (nSPS) is 10.2. The van der Waals surface area contributed by atoms with Crippen molar-refractivity contribution in [2.75, 3.05) is 18.5 Å². The number of anilines is 1. The highest BCUT2D eigenvalue weighted by Crippen LogP contribution is 2.23. The summed E-state index contributed by atoms with van der Waals surface area (Å²) in [5.41, 5.74) is 1.75. The molecule has 0 spiro atoms. The van der Waals surface area contributed by atoms with E-state index in [0.717, 1.165) is 17.0 Å². The fourth-order valence-electron chi connectivity index (χ4n) is 2.10. The minimum Gasteiger partial charge on any atom is -0.492 e. The fraction of sp³-hybridized carbons (Fsp3) is 0.278. The molecule has 0 atom stereocenters. The first-order valence-corrected chi connectivity index (χ1v) is 7.66. The third-order valence-electron chi connectivity index (χ3n) is 3.26. The third kappa shape index (κ3) is 5.62. The number of benzene rings is 2. The van der Waals surface area contributed by atoms with E-state index in [1.165, 1.54) is 12.1 Å². The van der Waals surface area contributed by atoms with Gasteiger partial charge in [0.2, 0.25) is 5.91 Å². The molecule has 0 aliphatic rings. The van der Waals surface area contributed by atoms with Gasteiger partial charge in [0.15, 0.2) is 0 Å². The molecule has 0 aliphatic heterocycles. The Morgan fingerprint density at radius 2 is 1.87 bits per heavy atom. The maximum atomic E-state index is 12.8. The van der Waals surface area contributed by atoms with Crippen LogP contribution in [0.15, 0.2) is 48.5 Å². The van der Waals surface area contributed by atoms with Crippen LogP contribution < -0.4 is 15.4 Å². The lowest BCUT2D eigenvalue weighted by molar-refractivity contribution is -0.121. The molecular weight excluding hydrogens is 295 g/mol. The summed E-state index contributed by atoms with van der Waals surface area (Å²) in [4.78, 5) is 11.8. The molecule has 2 rings (SSSR count). The number of halogens is 1. The van der Waals surface area contributed by atoms with Gasteiger partial charge in [-0.05, 0) is 36.8 Å². The molecule has 0 heterocycles. The number of carbonyl (C=O) groups excluding carboxylic acids is 1. The Kier molecular flexibility index (Phi) is 6.41. The maximum Gasteiger partial charge on any atom is 0.222 e. The predicted octanol–water partition coefficient (Wildman–Crippen LogP) is 3.34. The topological polar surface area (TPSA) is 50.4 Å². The molecule has 4 nitrogen and oxygen atoms in total. The average Bonchev–Trinajstić information content (AvgIpc) is 2.56. The molecule has 1 amide bonds. The van der Waals surface area contributed by atoms with E-state index in [2.05, 4.69) is 10.6 Å². The summed E-state index contributed by atoms with van der Waals surface area (Å²) in [5.74, 6) is 0.440. The molecule has 0 saturated heterocycles. The molecule has 0 aliphatic carbocycles. The van der Waals surface area contributed by atoms with Crippen molar-refractivity contribution in [3.05, 3.63) is 59.9 Å². The highest BCUT2D eigenvalue weighted by atomic mass is 19.1. The number of para-hydroxylation sites is 2. The Morgan fingerprint density at radius 3 is 2.61 bits per heavy atom. The maximum absolute atomic E-state index is 12.8. The first-order chi connectivity index (χ1) is 11.2.